The summed E-state index contributed by atoms with van der Waals surface area (Å²) in [6.07, 6.45) is 16.3. The number of nitrogens with one attached hydrogen (secondary N) is 3. The number of carbonyl (C=O) groups excluding carboxylic acids is 3. The molecule has 3 aliphatic rings. The van der Waals surface area contributed by atoms with E-state index in [1.165, 1.54) is 25.7 Å². The van der Waals surface area contributed by atoms with Crippen LogP contribution in [-0.2, 0) is 12.8 Å². The third kappa shape index (κ3) is 9.98. The molecule has 16 nitrogen and oxygen atoms in total. The summed E-state index contributed by atoms with van der Waals surface area (Å²) in [5.74, 6) is 4.35. The number of ketones is 3. The van der Waals surface area contributed by atoms with Crippen molar-refractivity contribution < 1.29 is 14.4 Å². The summed E-state index contributed by atoms with van der Waals surface area (Å²) in [5, 5.41) is 16.1. The van der Waals surface area contributed by atoms with Gasteiger partial charge in [0, 0.05) is 98.6 Å². The van der Waals surface area contributed by atoms with Crippen LogP contribution in [0.2, 0.25) is 0 Å². The highest BCUT2D eigenvalue weighted by Gasteiger charge is 2.26. The predicted octanol–water partition coefficient (Wildman–Crippen LogP) is 10.4. The van der Waals surface area contributed by atoms with Crippen LogP contribution < -0.4 is 21.7 Å². The van der Waals surface area contributed by atoms with E-state index in [4.69, 9.17) is 20.7 Å². The molecule has 6 aromatic heterocycles. The van der Waals surface area contributed by atoms with Gasteiger partial charge in [0.1, 0.15) is 28.2 Å². The van der Waals surface area contributed by atoms with Crippen molar-refractivity contribution in [3.05, 3.63) is 102 Å². The lowest BCUT2D eigenvalue weighted by molar-refractivity contribution is 0.100. The number of aryl methyl sites for hydroxylation is 2. The maximum Gasteiger partial charge on any atom is 0.220 e. The summed E-state index contributed by atoms with van der Waals surface area (Å²) < 4.78 is 0. The zero-order valence-electron chi connectivity index (χ0n) is 40.1. The second kappa shape index (κ2) is 19.3. The first-order valence-electron chi connectivity index (χ1n) is 24.3. The summed E-state index contributed by atoms with van der Waals surface area (Å²) in [4.78, 5) is 76.0. The molecule has 9 aromatic rings. The highest BCUT2D eigenvalue weighted by Crippen LogP contribution is 2.35. The van der Waals surface area contributed by atoms with Crippen LogP contribution in [-0.4, -0.2) is 80.3 Å². The topological polar surface area (TPSA) is 229 Å². The minimum Gasteiger partial charge on any atom is -0.368 e. The average molecular weight is 934 g/mol. The number of nitrogen functional groups attached to an aromatic ring is 1. The van der Waals surface area contributed by atoms with E-state index in [1.54, 1.807) is 33.0 Å². The molecular formula is C54H55N13O3. The standard InChI is InChI=1S/C20H22N4O.C18H18N4O.C16H15N5O/c1-3-4-5-18-21-11-16-15-9-6-13(12(2)25)10-17(15)23-20(19(16)24-18)22-14-7-8-14;1-3-16-19-9-14-13-7-4-11(10(2)23)8-15(13)21-18(17(14)22-16)20-12-5-6-12;1-8(22)9-2-5-11-12-7-18-16(17)21-14(12)15(19-10-3-4-10)20-13(11)6-9/h6,9-11,14H,3-5,7-8H2,1-2H3,(H,22,23);4,7-9,12H,3,5-6H2,1-2H3,(H,20,21);2,5-7,10H,3-4H2,1H3,(H,19,20)(H2,17,18,21). The van der Waals surface area contributed by atoms with Gasteiger partial charge in [0.15, 0.2) is 34.8 Å². The number of carbonyl (C=O) groups is 3. The fourth-order valence-electron chi connectivity index (χ4n) is 8.29. The summed E-state index contributed by atoms with van der Waals surface area (Å²) in [6.45, 7) is 8.91. The first-order chi connectivity index (χ1) is 33.9. The Kier molecular flexibility index (Phi) is 12.6. The Bertz CT molecular complexity index is 3550. The molecule has 16 heteroatoms. The van der Waals surface area contributed by atoms with Crippen molar-refractivity contribution in [3.63, 3.8) is 0 Å². The van der Waals surface area contributed by atoms with Crippen LogP contribution in [0.1, 0.15) is 129 Å². The van der Waals surface area contributed by atoms with Gasteiger partial charge in [-0.3, -0.25) is 14.4 Å². The number of benzene rings is 3. The van der Waals surface area contributed by atoms with Gasteiger partial charge in [-0.15, -0.1) is 0 Å². The molecule has 0 amide bonds. The lowest BCUT2D eigenvalue weighted by atomic mass is 10.1. The molecule has 0 saturated heterocycles. The molecule has 0 bridgehead atoms. The maximum absolute atomic E-state index is 11.7. The molecule has 0 atom stereocenters. The average Bonchev–Trinajstić information content (AvgIpc) is 4.22. The van der Waals surface area contributed by atoms with Gasteiger partial charge in [-0.05, 0) is 83.9 Å². The number of fused-ring (bicyclic) bond motifs is 9. The number of rotatable bonds is 13. The van der Waals surface area contributed by atoms with Crippen LogP contribution in [0.5, 0.6) is 0 Å². The van der Waals surface area contributed by atoms with E-state index in [9.17, 15) is 14.4 Å². The van der Waals surface area contributed by atoms with Crippen molar-refractivity contribution in [1.29, 1.82) is 0 Å². The fourth-order valence-corrected chi connectivity index (χ4v) is 8.29. The quantitative estimate of drug-likeness (QED) is 0.0622. The van der Waals surface area contributed by atoms with Crippen molar-refractivity contribution in [1.82, 2.24) is 44.9 Å². The van der Waals surface area contributed by atoms with Crippen molar-refractivity contribution in [2.45, 2.75) is 117 Å². The second-order valence-electron chi connectivity index (χ2n) is 18.5. The molecule has 6 heterocycles. The third-order valence-electron chi connectivity index (χ3n) is 12.8. The normalized spacial score (nSPS) is 14.3. The van der Waals surface area contributed by atoms with Crippen molar-refractivity contribution in [3.8, 4) is 0 Å². The van der Waals surface area contributed by atoms with Gasteiger partial charge >= 0.3 is 0 Å². The molecule has 0 radical (unpaired) electrons. The number of Topliss-reactive ketones (excluding diaryl/α,β-unsaturated/α-hetero) is 3. The number of nitrogens with two attached hydrogens (primary N) is 1. The summed E-state index contributed by atoms with van der Waals surface area (Å²) in [5.41, 5.74) is 12.6. The van der Waals surface area contributed by atoms with Gasteiger partial charge in [0.2, 0.25) is 5.95 Å². The number of unbranched alkanes of at least 4 members (excludes halogenated alkanes) is 1. The second-order valence-corrected chi connectivity index (χ2v) is 18.5. The lowest BCUT2D eigenvalue weighted by Gasteiger charge is -2.12. The molecule has 3 fully saturated rings. The molecule has 354 valence electrons. The maximum atomic E-state index is 11.7. The SMILES string of the molecule is CC(=O)c1ccc2c(c1)nc(NC1CC1)c1nc(N)ncc12.CCCCc1ncc2c(n1)c(NC1CC1)nc1cc(C(C)=O)ccc12.CCc1ncc2c(n1)c(NC1CC1)nc1cc(C(C)=O)ccc12. The van der Waals surface area contributed by atoms with Crippen LogP contribution in [0.4, 0.5) is 23.4 Å². The number of hydrogen-bond acceptors (Lipinski definition) is 16. The number of nitrogens with zero attached hydrogens (tertiary/aromatic N) is 9. The van der Waals surface area contributed by atoms with Gasteiger partial charge in [0.05, 0.1) is 16.6 Å². The zero-order valence-corrected chi connectivity index (χ0v) is 40.1. The van der Waals surface area contributed by atoms with Gasteiger partial charge in [-0.1, -0.05) is 56.7 Å². The fraction of sp³-hybridized carbons (Fsp3) is 0.333. The van der Waals surface area contributed by atoms with Crippen molar-refractivity contribution in [2.24, 2.45) is 0 Å². The van der Waals surface area contributed by atoms with E-state index in [2.05, 4.69) is 52.8 Å². The first kappa shape index (κ1) is 45.9. The highest BCUT2D eigenvalue weighted by atomic mass is 16.1. The minimum atomic E-state index is 0.0223. The highest BCUT2D eigenvalue weighted by molar-refractivity contribution is 6.12. The van der Waals surface area contributed by atoms with Gasteiger partial charge in [-0.2, -0.15) is 0 Å². The van der Waals surface area contributed by atoms with E-state index < -0.39 is 0 Å². The molecule has 0 aliphatic heterocycles. The Morgan fingerprint density at radius 2 is 0.871 bits per heavy atom. The van der Waals surface area contributed by atoms with Crippen LogP contribution in [0.15, 0.2) is 73.2 Å². The number of hydrogen-bond donors (Lipinski definition) is 4. The molecular weight excluding hydrogens is 879 g/mol. The largest absolute Gasteiger partial charge is 0.368 e. The Balaban J connectivity index is 0.000000122. The lowest BCUT2D eigenvalue weighted by Crippen LogP contribution is -2.07. The zero-order chi connectivity index (χ0) is 48.6. The Hall–Kier alpha value is -7.88. The van der Waals surface area contributed by atoms with Crippen LogP contribution in [0.3, 0.4) is 0 Å². The van der Waals surface area contributed by atoms with Crippen molar-refractivity contribution in [2.75, 3.05) is 21.7 Å². The number of pyridine rings is 3. The van der Waals surface area contributed by atoms with Crippen molar-refractivity contribution >= 4 is 106 Å². The van der Waals surface area contributed by atoms with E-state index in [1.807, 2.05) is 67.8 Å². The van der Waals surface area contributed by atoms with Crippen LogP contribution in [0.25, 0.3) is 65.4 Å². The van der Waals surface area contributed by atoms with E-state index in [0.717, 1.165) is 127 Å². The predicted molar refractivity (Wildman–Crippen MR) is 277 cm³/mol. The number of aromatic nitrogens is 9. The Morgan fingerprint density at radius 3 is 1.24 bits per heavy atom. The molecule has 70 heavy (non-hydrogen) atoms. The molecule has 5 N–H and O–H groups in total. The van der Waals surface area contributed by atoms with E-state index >= 15 is 0 Å². The van der Waals surface area contributed by atoms with E-state index in [0.29, 0.717) is 40.6 Å². The van der Waals surface area contributed by atoms with Gasteiger partial charge in [-0.25, -0.2) is 44.9 Å². The smallest absolute Gasteiger partial charge is 0.220 e. The monoisotopic (exact) mass is 933 g/mol. The minimum absolute atomic E-state index is 0.0223. The summed E-state index contributed by atoms with van der Waals surface area (Å²) in [7, 11) is 0. The van der Waals surface area contributed by atoms with E-state index in [-0.39, 0.29) is 23.3 Å². The number of anilines is 4. The van der Waals surface area contributed by atoms with Crippen LogP contribution in [0, 0.1) is 0 Å². The van der Waals surface area contributed by atoms with Gasteiger partial charge < -0.3 is 21.7 Å². The Labute approximate surface area is 404 Å². The first-order valence-corrected chi connectivity index (χ1v) is 24.3. The molecule has 0 spiro atoms. The Morgan fingerprint density at radius 1 is 0.500 bits per heavy atom. The summed E-state index contributed by atoms with van der Waals surface area (Å²) in [6, 6.07) is 18.2. The molecule has 3 aromatic carbocycles. The van der Waals surface area contributed by atoms with Gasteiger partial charge in [0.25, 0.3) is 0 Å². The molecule has 12 rings (SSSR count). The van der Waals surface area contributed by atoms with Crippen LogP contribution >= 0.6 is 0 Å². The molecule has 0 unspecified atom stereocenters. The third-order valence-corrected chi connectivity index (χ3v) is 12.8. The molecule has 3 saturated carbocycles. The molecule has 3 aliphatic carbocycles. The summed E-state index contributed by atoms with van der Waals surface area (Å²) >= 11 is 0.